The molecule has 0 bridgehead atoms. The molecule has 0 aromatic carbocycles. The minimum Gasteiger partial charge on any atom is -0.467 e. The van der Waals surface area contributed by atoms with Crippen LogP contribution in [0.2, 0.25) is 10.0 Å². The Bertz CT molecular complexity index is 1040. The molecule has 0 aliphatic carbocycles. The summed E-state index contributed by atoms with van der Waals surface area (Å²) in [5.74, 6) is -0.973. The molecule has 0 fully saturated rings. The van der Waals surface area contributed by atoms with Crippen molar-refractivity contribution in [3.63, 3.8) is 0 Å². The largest absolute Gasteiger partial charge is 0.467 e. The van der Waals surface area contributed by atoms with Gasteiger partial charge in [-0.15, -0.1) is 0 Å². The van der Waals surface area contributed by atoms with Crippen LogP contribution in [0.15, 0.2) is 18.5 Å². The van der Waals surface area contributed by atoms with Gasteiger partial charge in [-0.25, -0.2) is 0 Å². The van der Waals surface area contributed by atoms with Gasteiger partial charge in [0, 0.05) is 18.9 Å². The van der Waals surface area contributed by atoms with Crippen LogP contribution in [-0.4, -0.2) is 45.2 Å². The van der Waals surface area contributed by atoms with E-state index < -0.39 is 24.6 Å². The molecule has 0 spiro atoms. The van der Waals surface area contributed by atoms with Crippen LogP contribution in [0.25, 0.3) is 11.2 Å². The molecule has 3 rings (SSSR count). The zero-order valence-corrected chi connectivity index (χ0v) is 16.2. The van der Waals surface area contributed by atoms with E-state index in [0.717, 1.165) is 0 Å². The molecule has 29 heavy (non-hydrogen) atoms. The van der Waals surface area contributed by atoms with Crippen LogP contribution in [0.5, 0.6) is 5.88 Å². The number of amides is 1. The van der Waals surface area contributed by atoms with Crippen LogP contribution in [0.4, 0.5) is 24.8 Å². The van der Waals surface area contributed by atoms with Gasteiger partial charge >= 0.3 is 6.18 Å². The number of pyridine rings is 2. The summed E-state index contributed by atoms with van der Waals surface area (Å²) in [7, 11) is 0. The van der Waals surface area contributed by atoms with Gasteiger partial charge < -0.3 is 20.4 Å². The Kier molecular flexibility index (Phi) is 5.99. The smallest absolute Gasteiger partial charge is 0.422 e. The molecule has 3 heterocycles. The Morgan fingerprint density at radius 3 is 2.55 bits per heavy atom. The topological polar surface area (TPSA) is 105 Å². The number of anilines is 2. The Balaban J connectivity index is 1.99. The lowest BCUT2D eigenvalue weighted by atomic mass is 10.2. The number of ether oxygens (including phenoxy) is 1. The van der Waals surface area contributed by atoms with Crippen molar-refractivity contribution in [1.29, 1.82) is 0 Å². The maximum Gasteiger partial charge on any atom is 0.422 e. The summed E-state index contributed by atoms with van der Waals surface area (Å²) < 4.78 is 42.3. The van der Waals surface area contributed by atoms with Crippen LogP contribution in [-0.2, 0) is 0 Å². The monoisotopic (exact) mass is 448 g/mol. The number of aromatic amines is 1. The van der Waals surface area contributed by atoms with Gasteiger partial charge in [0.05, 0.1) is 21.2 Å². The number of nitrogens with zero attached hydrogens (tertiary/aromatic N) is 3. The molecule has 3 aromatic rings. The second-order valence-electron chi connectivity index (χ2n) is 5.66. The summed E-state index contributed by atoms with van der Waals surface area (Å²) in [6.07, 6.45) is -1.86. The first-order chi connectivity index (χ1) is 13.7. The third-order valence-corrected chi connectivity index (χ3v) is 4.06. The molecule has 13 heteroatoms. The van der Waals surface area contributed by atoms with Gasteiger partial charge in [-0.2, -0.15) is 23.1 Å². The van der Waals surface area contributed by atoms with Crippen molar-refractivity contribution < 1.29 is 22.7 Å². The standard InChI is InChI=1S/C16H13Cl2F3N6O2/c1-2-23-13(28)7-3-10-12(26-14(7)29-6-16(19,20)21)27-15(24-10)25-11-8(17)4-22-5-9(11)18/h3-5H,2,6H2,1H3,(H,23,28)(H2,22,24,25,26,27). The van der Waals surface area contributed by atoms with Crippen LogP contribution >= 0.6 is 23.2 Å². The third kappa shape index (κ3) is 4.98. The van der Waals surface area contributed by atoms with E-state index >= 15 is 0 Å². The maximum atomic E-state index is 12.5. The fraction of sp³-hybridized carbons (Fsp3) is 0.250. The molecule has 8 nitrogen and oxygen atoms in total. The first kappa shape index (κ1) is 20.9. The SMILES string of the molecule is CCNC(=O)c1cc2[nH]c(Nc3c(Cl)cncc3Cl)nc2nc1OCC(F)(F)F. The Labute approximate surface area is 171 Å². The van der Waals surface area contributed by atoms with Crippen molar-refractivity contribution >= 4 is 51.9 Å². The molecule has 0 unspecified atom stereocenters. The highest BCUT2D eigenvalue weighted by Gasteiger charge is 2.30. The number of carbonyl (C=O) groups excluding carboxylic acids is 1. The molecule has 1 amide bonds. The van der Waals surface area contributed by atoms with Crippen molar-refractivity contribution in [2.45, 2.75) is 13.1 Å². The lowest BCUT2D eigenvalue weighted by Crippen LogP contribution is -2.25. The number of rotatable bonds is 6. The summed E-state index contributed by atoms with van der Waals surface area (Å²) in [5, 5.41) is 5.79. The quantitative estimate of drug-likeness (QED) is 0.524. The Morgan fingerprint density at radius 1 is 1.24 bits per heavy atom. The number of imidazole rings is 1. The van der Waals surface area contributed by atoms with Crippen LogP contribution in [0, 0.1) is 0 Å². The van der Waals surface area contributed by atoms with Crippen molar-refractivity contribution in [3.05, 3.63) is 34.1 Å². The number of carbonyl (C=O) groups is 1. The highest BCUT2D eigenvalue weighted by molar-refractivity contribution is 6.39. The second kappa shape index (κ2) is 8.29. The predicted molar refractivity (Wildman–Crippen MR) is 101 cm³/mol. The van der Waals surface area contributed by atoms with Gasteiger partial charge in [-0.3, -0.25) is 9.78 Å². The zero-order chi connectivity index (χ0) is 21.2. The van der Waals surface area contributed by atoms with E-state index in [0.29, 0.717) is 5.69 Å². The molecule has 0 radical (unpaired) electrons. The molecule has 0 aliphatic heterocycles. The Morgan fingerprint density at radius 2 is 1.93 bits per heavy atom. The summed E-state index contributed by atoms with van der Waals surface area (Å²) in [4.78, 5) is 27.0. The molecule has 0 saturated heterocycles. The average Bonchev–Trinajstić information content (AvgIpc) is 3.03. The zero-order valence-electron chi connectivity index (χ0n) is 14.7. The predicted octanol–water partition coefficient (Wildman–Crippen LogP) is 4.09. The summed E-state index contributed by atoms with van der Waals surface area (Å²) in [6.45, 7) is 0.334. The first-order valence-corrected chi connectivity index (χ1v) is 8.88. The molecule has 0 atom stereocenters. The van der Waals surface area contributed by atoms with E-state index in [2.05, 4.69) is 30.6 Å². The summed E-state index contributed by atoms with van der Waals surface area (Å²) >= 11 is 12.1. The maximum absolute atomic E-state index is 12.5. The van der Waals surface area contributed by atoms with E-state index in [4.69, 9.17) is 27.9 Å². The van der Waals surface area contributed by atoms with Crippen molar-refractivity contribution in [2.75, 3.05) is 18.5 Å². The molecule has 3 aromatic heterocycles. The molecule has 3 N–H and O–H groups in total. The van der Waals surface area contributed by atoms with Gasteiger partial charge in [0.2, 0.25) is 11.8 Å². The number of nitrogens with one attached hydrogen (secondary N) is 3. The van der Waals surface area contributed by atoms with Gasteiger partial charge in [0.25, 0.3) is 5.91 Å². The van der Waals surface area contributed by atoms with Crippen LogP contribution in [0.3, 0.4) is 0 Å². The second-order valence-corrected chi connectivity index (χ2v) is 6.48. The number of hydrogen-bond acceptors (Lipinski definition) is 6. The minimum absolute atomic E-state index is 0.0269. The average molecular weight is 449 g/mol. The van der Waals surface area contributed by atoms with Gasteiger partial charge in [0.1, 0.15) is 5.56 Å². The number of fused-ring (bicyclic) bond motifs is 1. The highest BCUT2D eigenvalue weighted by Crippen LogP contribution is 2.32. The Hall–Kier alpha value is -2.79. The van der Waals surface area contributed by atoms with Gasteiger partial charge in [0.15, 0.2) is 12.3 Å². The van der Waals surface area contributed by atoms with E-state index in [1.54, 1.807) is 6.92 Å². The van der Waals surface area contributed by atoms with Gasteiger partial charge in [-0.05, 0) is 13.0 Å². The fourth-order valence-corrected chi connectivity index (χ4v) is 2.77. The van der Waals surface area contributed by atoms with E-state index in [9.17, 15) is 18.0 Å². The summed E-state index contributed by atoms with van der Waals surface area (Å²) in [6, 6.07) is 1.30. The van der Waals surface area contributed by atoms with Crippen LogP contribution < -0.4 is 15.4 Å². The van der Waals surface area contributed by atoms with Crippen molar-refractivity contribution in [1.82, 2.24) is 25.3 Å². The summed E-state index contributed by atoms with van der Waals surface area (Å²) in [5.41, 5.74) is 0.465. The number of halogens is 5. The van der Waals surface area contributed by atoms with E-state index in [1.165, 1.54) is 18.5 Å². The number of alkyl halides is 3. The number of hydrogen-bond donors (Lipinski definition) is 3. The van der Waals surface area contributed by atoms with Crippen molar-refractivity contribution in [2.24, 2.45) is 0 Å². The normalized spacial score (nSPS) is 11.5. The molecular formula is C16H13Cl2F3N6O2. The van der Waals surface area contributed by atoms with Crippen molar-refractivity contribution in [3.8, 4) is 5.88 Å². The molecule has 0 aliphatic rings. The molecule has 154 valence electrons. The van der Waals surface area contributed by atoms with Crippen LogP contribution in [0.1, 0.15) is 17.3 Å². The highest BCUT2D eigenvalue weighted by atomic mass is 35.5. The van der Waals surface area contributed by atoms with Gasteiger partial charge in [-0.1, -0.05) is 23.2 Å². The third-order valence-electron chi connectivity index (χ3n) is 3.49. The first-order valence-electron chi connectivity index (χ1n) is 8.12. The van der Waals surface area contributed by atoms with E-state index in [-0.39, 0.29) is 39.3 Å². The number of H-pyrrole nitrogens is 1. The number of aromatic nitrogens is 4. The lowest BCUT2D eigenvalue weighted by Gasteiger charge is -2.11. The van der Waals surface area contributed by atoms with E-state index in [1.807, 2.05) is 0 Å². The lowest BCUT2D eigenvalue weighted by molar-refractivity contribution is -0.154. The molecular weight excluding hydrogens is 436 g/mol. The fourth-order valence-electron chi connectivity index (χ4n) is 2.31. The minimum atomic E-state index is -4.59. The molecule has 0 saturated carbocycles.